The van der Waals surface area contributed by atoms with E-state index in [2.05, 4.69) is 21.2 Å². The number of aromatic nitrogens is 2. The van der Waals surface area contributed by atoms with Gasteiger partial charge in [0.2, 0.25) is 0 Å². The third-order valence-corrected chi connectivity index (χ3v) is 6.09. The fourth-order valence-corrected chi connectivity index (χ4v) is 4.51. The van der Waals surface area contributed by atoms with Gasteiger partial charge in [0.1, 0.15) is 23.7 Å². The molecule has 0 amide bonds. The lowest BCUT2D eigenvalue weighted by atomic mass is 10.0. The van der Waals surface area contributed by atoms with Gasteiger partial charge in [0, 0.05) is 36.4 Å². The number of H-pyrrole nitrogens is 1. The number of carboxylic acids is 1. The summed E-state index contributed by atoms with van der Waals surface area (Å²) in [5.41, 5.74) is 4.92. The van der Waals surface area contributed by atoms with E-state index in [1.165, 1.54) is 12.1 Å². The Morgan fingerprint density at radius 1 is 1.15 bits per heavy atom. The number of aromatic carboxylic acids is 1. The largest absolute Gasteiger partial charge is 0.478 e. The predicted octanol–water partition coefficient (Wildman–Crippen LogP) is 5.82. The summed E-state index contributed by atoms with van der Waals surface area (Å²) in [5.74, 6) is -1.24. The summed E-state index contributed by atoms with van der Waals surface area (Å²) in [5, 5.41) is 17.4. The molecule has 0 aliphatic carbocycles. The second-order valence-corrected chi connectivity index (χ2v) is 7.89. The highest BCUT2D eigenvalue weighted by atomic mass is 19.1. The molecule has 0 bridgehead atoms. The van der Waals surface area contributed by atoms with Gasteiger partial charge >= 0.3 is 5.97 Å². The first-order valence-corrected chi connectivity index (χ1v) is 11.2. The topological polar surface area (TPSA) is 78.5 Å². The quantitative estimate of drug-likeness (QED) is 0.365. The molecular weight excluding hydrogens is 435 g/mol. The van der Waals surface area contributed by atoms with Gasteiger partial charge in [-0.05, 0) is 42.5 Å². The Morgan fingerprint density at radius 2 is 1.85 bits per heavy atom. The number of benzene rings is 3. The Labute approximate surface area is 197 Å². The Morgan fingerprint density at radius 3 is 2.50 bits per heavy atom. The van der Waals surface area contributed by atoms with Crippen LogP contribution in [0.4, 0.5) is 27.1 Å². The molecule has 0 radical (unpaired) electrons. The third kappa shape index (κ3) is 4.02. The lowest BCUT2D eigenvalue weighted by Crippen LogP contribution is -2.53. The molecule has 0 fully saturated rings. The van der Waals surface area contributed by atoms with Gasteiger partial charge < -0.3 is 14.7 Å². The van der Waals surface area contributed by atoms with E-state index in [1.807, 2.05) is 32.0 Å². The maximum atomic E-state index is 13.7. The van der Waals surface area contributed by atoms with Gasteiger partial charge in [-0.25, -0.2) is 13.7 Å². The predicted molar refractivity (Wildman–Crippen MR) is 132 cm³/mol. The molecule has 0 saturated heterocycles. The highest BCUT2D eigenvalue weighted by Gasteiger charge is 2.42. The first kappa shape index (κ1) is 23.4. The molecule has 3 aromatic carbocycles. The Balaban J connectivity index is 0.00000133. The minimum atomic E-state index is -0.957. The number of anilines is 2. The van der Waals surface area contributed by atoms with Crippen LogP contribution in [-0.2, 0) is 4.74 Å². The van der Waals surface area contributed by atoms with Gasteiger partial charge in [-0.2, -0.15) is 5.10 Å². The fourth-order valence-electron chi connectivity index (χ4n) is 4.51. The van der Waals surface area contributed by atoms with E-state index in [1.54, 1.807) is 37.6 Å². The average Bonchev–Trinajstić information content (AvgIpc) is 3.33. The summed E-state index contributed by atoms with van der Waals surface area (Å²) in [4.78, 5) is 13.4. The smallest absolute Gasteiger partial charge is 0.335 e. The summed E-state index contributed by atoms with van der Waals surface area (Å²) in [6, 6.07) is 17.5. The van der Waals surface area contributed by atoms with Crippen LogP contribution in [0.3, 0.4) is 0 Å². The second-order valence-electron chi connectivity index (χ2n) is 7.89. The van der Waals surface area contributed by atoms with Gasteiger partial charge in [0.05, 0.1) is 23.8 Å². The molecule has 8 heteroatoms. The molecule has 0 spiro atoms. The van der Waals surface area contributed by atoms with Crippen LogP contribution in [0.15, 0.2) is 66.9 Å². The average molecular weight is 464 g/mol. The van der Waals surface area contributed by atoms with Crippen LogP contribution in [0.5, 0.6) is 0 Å². The van der Waals surface area contributed by atoms with E-state index in [-0.39, 0.29) is 11.4 Å². The zero-order chi connectivity index (χ0) is 24.3. The number of carboxylic acid groups (broad SMARTS) is 1. The zero-order valence-electron chi connectivity index (χ0n) is 19.5. The SMILES string of the molecule is CC.COC[N+]1(c2ccc(F)cc2)CCN(c2ccc(C(=O)O)cc2)c2cc3[nH]ncc3cc21. The van der Waals surface area contributed by atoms with E-state index in [0.717, 1.165) is 33.7 Å². The number of nitrogens with one attached hydrogen (secondary N) is 1. The molecule has 4 aromatic rings. The molecule has 1 unspecified atom stereocenters. The Kier molecular flexibility index (Phi) is 6.63. The maximum absolute atomic E-state index is 13.7. The molecule has 5 rings (SSSR count). The maximum Gasteiger partial charge on any atom is 0.335 e. The summed E-state index contributed by atoms with van der Waals surface area (Å²) in [7, 11) is 1.66. The number of halogens is 1. The molecule has 34 heavy (non-hydrogen) atoms. The van der Waals surface area contributed by atoms with Crippen molar-refractivity contribution in [3.05, 3.63) is 78.2 Å². The molecule has 2 N–H and O–H groups in total. The van der Waals surface area contributed by atoms with Crippen LogP contribution in [0.25, 0.3) is 10.9 Å². The lowest BCUT2D eigenvalue weighted by molar-refractivity contribution is 0.0697. The summed E-state index contributed by atoms with van der Waals surface area (Å²) < 4.78 is 19.8. The van der Waals surface area contributed by atoms with Crippen LogP contribution >= 0.6 is 0 Å². The van der Waals surface area contributed by atoms with Crippen molar-refractivity contribution in [1.29, 1.82) is 0 Å². The van der Waals surface area contributed by atoms with Crippen LogP contribution in [0.1, 0.15) is 24.2 Å². The normalized spacial score (nSPS) is 17.1. The summed E-state index contributed by atoms with van der Waals surface area (Å²) in [6.07, 6.45) is 1.78. The summed E-state index contributed by atoms with van der Waals surface area (Å²) in [6.45, 7) is 5.71. The number of methoxy groups -OCH3 is 1. The molecule has 1 aliphatic rings. The number of quaternary nitrogens is 1. The lowest BCUT2D eigenvalue weighted by Gasteiger charge is -2.44. The van der Waals surface area contributed by atoms with Crippen molar-refractivity contribution in [3.8, 4) is 0 Å². The minimum Gasteiger partial charge on any atom is -0.478 e. The number of nitrogens with zero attached hydrogens (tertiary/aromatic N) is 3. The van der Waals surface area contributed by atoms with Gasteiger partial charge in [-0.15, -0.1) is 0 Å². The van der Waals surface area contributed by atoms with Crippen molar-refractivity contribution in [2.45, 2.75) is 13.8 Å². The number of fused-ring (bicyclic) bond motifs is 2. The molecule has 7 nitrogen and oxygen atoms in total. The van der Waals surface area contributed by atoms with Crippen molar-refractivity contribution in [2.75, 3.05) is 31.8 Å². The molecule has 176 valence electrons. The van der Waals surface area contributed by atoms with E-state index in [0.29, 0.717) is 24.3 Å². The monoisotopic (exact) mass is 463 g/mol. The number of hydrogen-bond acceptors (Lipinski definition) is 4. The zero-order valence-corrected chi connectivity index (χ0v) is 19.5. The minimum absolute atomic E-state index is 0.242. The number of hydrogen-bond donors (Lipinski definition) is 2. The molecule has 1 aliphatic heterocycles. The van der Waals surface area contributed by atoms with Gasteiger partial charge in [-0.3, -0.25) is 5.10 Å². The van der Waals surface area contributed by atoms with Crippen LogP contribution in [0.2, 0.25) is 0 Å². The van der Waals surface area contributed by atoms with E-state index >= 15 is 0 Å². The standard InChI is InChI=1S/C24H21FN4O3.C2H6/c1-32-15-29(20-8-4-18(25)5-9-20)11-10-28(19-6-2-16(3-7-19)24(30)31)22-13-21-17(12-23(22)29)14-26-27-21;1-2/h2-9,12-14H,10-11,15H2,1H3,(H-,26,27,30,31);1-2H3/p+1. The highest BCUT2D eigenvalue weighted by Crippen LogP contribution is 2.48. The van der Waals surface area contributed by atoms with Crippen molar-refractivity contribution in [1.82, 2.24) is 14.7 Å². The fraction of sp³-hybridized carbons (Fsp3) is 0.231. The van der Waals surface area contributed by atoms with Crippen LogP contribution < -0.4 is 9.38 Å². The van der Waals surface area contributed by atoms with Gasteiger partial charge in [0.25, 0.3) is 0 Å². The first-order chi connectivity index (χ1) is 16.5. The Bertz CT molecular complexity index is 1290. The van der Waals surface area contributed by atoms with Crippen molar-refractivity contribution in [3.63, 3.8) is 0 Å². The molecule has 1 atom stereocenters. The van der Waals surface area contributed by atoms with Crippen LogP contribution in [-0.4, -0.2) is 48.2 Å². The number of ether oxygens (including phenoxy) is 1. The van der Waals surface area contributed by atoms with Crippen molar-refractivity contribution >= 4 is 39.6 Å². The van der Waals surface area contributed by atoms with E-state index < -0.39 is 5.97 Å². The van der Waals surface area contributed by atoms with E-state index in [9.17, 15) is 14.3 Å². The molecule has 0 saturated carbocycles. The molecule has 2 heterocycles. The first-order valence-electron chi connectivity index (χ1n) is 11.2. The van der Waals surface area contributed by atoms with Crippen molar-refractivity contribution in [2.24, 2.45) is 0 Å². The molecule has 1 aromatic heterocycles. The number of aromatic amines is 1. The van der Waals surface area contributed by atoms with Gasteiger partial charge in [-0.1, -0.05) is 13.8 Å². The molecular formula is C26H28FN4O3+. The number of carbonyl (C=O) groups is 1. The Hall–Kier alpha value is -3.75. The number of rotatable bonds is 5. The highest BCUT2D eigenvalue weighted by molar-refractivity contribution is 5.94. The third-order valence-electron chi connectivity index (χ3n) is 6.09. The van der Waals surface area contributed by atoms with E-state index in [4.69, 9.17) is 4.74 Å². The van der Waals surface area contributed by atoms with Crippen molar-refractivity contribution < 1.29 is 19.0 Å². The van der Waals surface area contributed by atoms with Crippen LogP contribution in [0, 0.1) is 5.82 Å². The summed E-state index contributed by atoms with van der Waals surface area (Å²) >= 11 is 0. The van der Waals surface area contributed by atoms with Gasteiger partial charge in [0.15, 0.2) is 12.4 Å². The second kappa shape index (κ2) is 9.62.